The Morgan fingerprint density at radius 3 is 2.48 bits per heavy atom. The summed E-state index contributed by atoms with van der Waals surface area (Å²) in [5, 5.41) is 3.41. The van der Waals surface area contributed by atoms with Gasteiger partial charge in [-0.2, -0.15) is 0 Å². The molecule has 0 unspecified atom stereocenters. The lowest BCUT2D eigenvalue weighted by molar-refractivity contribution is -0.0167. The molecule has 4 aliphatic carbocycles. The van der Waals surface area contributed by atoms with E-state index in [9.17, 15) is 4.79 Å². The number of amides is 1. The maximum Gasteiger partial charge on any atom is 0.251 e. The Kier molecular flexibility index (Phi) is 3.67. The van der Waals surface area contributed by atoms with Crippen LogP contribution in [0.3, 0.4) is 0 Å². The normalized spacial score (nSPS) is 34.2. The third kappa shape index (κ3) is 2.89. The van der Waals surface area contributed by atoms with E-state index in [1.807, 2.05) is 24.3 Å². The number of benzene rings is 1. The fourth-order valence-electron chi connectivity index (χ4n) is 5.46. The van der Waals surface area contributed by atoms with Crippen molar-refractivity contribution in [1.82, 2.24) is 5.32 Å². The fourth-order valence-corrected chi connectivity index (χ4v) is 5.46. The average molecular weight is 311 g/mol. The van der Waals surface area contributed by atoms with E-state index in [-0.39, 0.29) is 11.4 Å². The van der Waals surface area contributed by atoms with Crippen LogP contribution in [0.2, 0.25) is 0 Å². The molecule has 4 fully saturated rings. The fraction of sp³-hybridized carbons (Fsp3) is 0.550. The molecule has 0 saturated heterocycles. The zero-order chi connectivity index (χ0) is 15.9. The van der Waals surface area contributed by atoms with Gasteiger partial charge in [-0.3, -0.25) is 4.79 Å². The smallest absolute Gasteiger partial charge is 0.251 e. The molecule has 4 aliphatic rings. The van der Waals surface area contributed by atoms with Crippen molar-refractivity contribution in [3.8, 4) is 5.75 Å². The molecule has 3 heteroatoms. The molecule has 1 N–H and O–H groups in total. The first-order valence-corrected chi connectivity index (χ1v) is 8.82. The van der Waals surface area contributed by atoms with E-state index in [2.05, 4.69) is 11.9 Å². The minimum Gasteiger partial charge on any atom is -0.490 e. The van der Waals surface area contributed by atoms with Gasteiger partial charge in [-0.25, -0.2) is 0 Å². The standard InChI is InChI=1S/C20H25NO2/c1-2-6-23-18-5-3-4-17(10-18)19(22)21-20-11-14-7-15(12-20)9-16(8-14)13-20/h2-5,10,14-16H,1,6-9,11-13H2,(H,21,22). The highest BCUT2D eigenvalue weighted by atomic mass is 16.5. The number of carbonyl (C=O) groups excluding carboxylic acids is 1. The summed E-state index contributed by atoms with van der Waals surface area (Å²) in [6.45, 7) is 4.11. The summed E-state index contributed by atoms with van der Waals surface area (Å²) in [7, 11) is 0. The van der Waals surface area contributed by atoms with E-state index in [0.29, 0.717) is 12.2 Å². The van der Waals surface area contributed by atoms with Crippen LogP contribution in [0.5, 0.6) is 5.75 Å². The van der Waals surface area contributed by atoms with Crippen LogP contribution in [0.25, 0.3) is 0 Å². The molecule has 0 aromatic heterocycles. The number of hydrogen-bond acceptors (Lipinski definition) is 2. The molecule has 1 aromatic rings. The van der Waals surface area contributed by atoms with Crippen molar-refractivity contribution >= 4 is 5.91 Å². The van der Waals surface area contributed by atoms with E-state index >= 15 is 0 Å². The number of rotatable bonds is 5. The van der Waals surface area contributed by atoms with Gasteiger partial charge in [0.1, 0.15) is 12.4 Å². The Hall–Kier alpha value is -1.77. The maximum atomic E-state index is 12.8. The highest BCUT2D eigenvalue weighted by Gasteiger charge is 2.51. The SMILES string of the molecule is C=CCOc1cccc(C(=O)NC23CC4CC(CC(C4)C2)C3)c1. The second kappa shape index (κ2) is 5.70. The second-order valence-electron chi connectivity index (χ2n) is 7.78. The van der Waals surface area contributed by atoms with Gasteiger partial charge in [0.25, 0.3) is 5.91 Å². The molecule has 4 bridgehead atoms. The molecule has 0 radical (unpaired) electrons. The van der Waals surface area contributed by atoms with Gasteiger partial charge in [0.05, 0.1) is 0 Å². The molecule has 1 amide bonds. The summed E-state index contributed by atoms with van der Waals surface area (Å²) in [6.07, 6.45) is 9.41. The van der Waals surface area contributed by atoms with Gasteiger partial charge >= 0.3 is 0 Å². The van der Waals surface area contributed by atoms with Crippen molar-refractivity contribution in [2.45, 2.75) is 44.1 Å². The molecule has 122 valence electrons. The first kappa shape index (κ1) is 14.8. The van der Waals surface area contributed by atoms with Crippen molar-refractivity contribution in [3.63, 3.8) is 0 Å². The van der Waals surface area contributed by atoms with Crippen LogP contribution in [0.1, 0.15) is 48.9 Å². The largest absolute Gasteiger partial charge is 0.490 e. The van der Waals surface area contributed by atoms with Gasteiger partial charge in [-0.05, 0) is 74.5 Å². The molecular formula is C20H25NO2. The lowest BCUT2D eigenvalue weighted by atomic mass is 9.53. The Morgan fingerprint density at radius 2 is 1.87 bits per heavy atom. The van der Waals surface area contributed by atoms with E-state index in [0.717, 1.165) is 23.5 Å². The molecule has 0 spiro atoms. The third-order valence-electron chi connectivity index (χ3n) is 5.88. The highest BCUT2D eigenvalue weighted by Crippen LogP contribution is 2.55. The van der Waals surface area contributed by atoms with Crippen LogP contribution < -0.4 is 10.1 Å². The van der Waals surface area contributed by atoms with Crippen molar-refractivity contribution < 1.29 is 9.53 Å². The van der Waals surface area contributed by atoms with E-state index in [1.165, 1.54) is 38.5 Å². The molecular weight excluding hydrogens is 286 g/mol. The monoisotopic (exact) mass is 311 g/mol. The Morgan fingerprint density at radius 1 is 1.22 bits per heavy atom. The molecule has 4 saturated carbocycles. The number of nitrogens with one attached hydrogen (secondary N) is 1. The lowest BCUT2D eigenvalue weighted by Gasteiger charge is -2.56. The van der Waals surface area contributed by atoms with Gasteiger partial charge in [0.15, 0.2) is 0 Å². The lowest BCUT2D eigenvalue weighted by Crippen LogP contribution is -2.59. The molecule has 0 aliphatic heterocycles. The number of hydrogen-bond donors (Lipinski definition) is 1. The van der Waals surface area contributed by atoms with Crippen molar-refractivity contribution in [2.24, 2.45) is 17.8 Å². The Bertz CT molecular complexity index is 587. The quantitative estimate of drug-likeness (QED) is 0.836. The average Bonchev–Trinajstić information content (AvgIpc) is 2.51. The van der Waals surface area contributed by atoms with Gasteiger partial charge in [0, 0.05) is 11.1 Å². The summed E-state index contributed by atoms with van der Waals surface area (Å²) < 4.78 is 5.54. The number of ether oxygens (including phenoxy) is 1. The molecule has 1 aromatic carbocycles. The minimum atomic E-state index is 0.0519. The van der Waals surface area contributed by atoms with Crippen LogP contribution in [-0.2, 0) is 0 Å². The van der Waals surface area contributed by atoms with E-state index in [4.69, 9.17) is 4.74 Å². The second-order valence-corrected chi connectivity index (χ2v) is 7.78. The third-order valence-corrected chi connectivity index (χ3v) is 5.88. The maximum absolute atomic E-state index is 12.8. The molecule has 5 rings (SSSR count). The summed E-state index contributed by atoms with van der Waals surface area (Å²) in [5.41, 5.74) is 0.756. The summed E-state index contributed by atoms with van der Waals surface area (Å²) in [4.78, 5) is 12.8. The summed E-state index contributed by atoms with van der Waals surface area (Å²) in [6, 6.07) is 7.47. The molecule has 0 atom stereocenters. The highest BCUT2D eigenvalue weighted by molar-refractivity contribution is 5.95. The summed E-state index contributed by atoms with van der Waals surface area (Å²) >= 11 is 0. The van der Waals surface area contributed by atoms with Gasteiger partial charge in [-0.1, -0.05) is 18.7 Å². The predicted molar refractivity (Wildman–Crippen MR) is 90.5 cm³/mol. The van der Waals surface area contributed by atoms with Crippen LogP contribution in [0.15, 0.2) is 36.9 Å². The van der Waals surface area contributed by atoms with Crippen molar-refractivity contribution in [1.29, 1.82) is 0 Å². The molecule has 3 nitrogen and oxygen atoms in total. The van der Waals surface area contributed by atoms with E-state index in [1.54, 1.807) is 6.08 Å². The van der Waals surface area contributed by atoms with E-state index < -0.39 is 0 Å². The van der Waals surface area contributed by atoms with Crippen LogP contribution in [0, 0.1) is 17.8 Å². The topological polar surface area (TPSA) is 38.3 Å². The summed E-state index contributed by atoms with van der Waals surface area (Å²) in [5.74, 6) is 3.29. The zero-order valence-corrected chi connectivity index (χ0v) is 13.6. The Labute approximate surface area is 138 Å². The molecule has 0 heterocycles. The van der Waals surface area contributed by atoms with Crippen molar-refractivity contribution in [3.05, 3.63) is 42.5 Å². The van der Waals surface area contributed by atoms with Crippen molar-refractivity contribution in [2.75, 3.05) is 6.61 Å². The van der Waals surface area contributed by atoms with Crippen LogP contribution in [0.4, 0.5) is 0 Å². The van der Waals surface area contributed by atoms with Gasteiger partial charge < -0.3 is 10.1 Å². The van der Waals surface area contributed by atoms with Gasteiger partial charge in [-0.15, -0.1) is 0 Å². The minimum absolute atomic E-state index is 0.0519. The number of carbonyl (C=O) groups is 1. The zero-order valence-electron chi connectivity index (χ0n) is 13.6. The van der Waals surface area contributed by atoms with Crippen LogP contribution in [-0.4, -0.2) is 18.1 Å². The molecule has 23 heavy (non-hydrogen) atoms. The first-order chi connectivity index (χ1) is 11.2. The predicted octanol–water partition coefficient (Wildman–Crippen LogP) is 3.95. The first-order valence-electron chi connectivity index (χ1n) is 8.82. The van der Waals surface area contributed by atoms with Crippen LogP contribution >= 0.6 is 0 Å². The Balaban J connectivity index is 1.48. The van der Waals surface area contributed by atoms with Gasteiger partial charge in [0.2, 0.25) is 0 Å².